The molecule has 15 heavy (non-hydrogen) atoms. The van der Waals surface area contributed by atoms with Crippen molar-refractivity contribution in [1.82, 2.24) is 0 Å². The van der Waals surface area contributed by atoms with Gasteiger partial charge in [-0.3, -0.25) is 4.79 Å². The summed E-state index contributed by atoms with van der Waals surface area (Å²) in [5.41, 5.74) is -0.690. The molecule has 1 fully saturated rings. The molecule has 1 saturated carbocycles. The van der Waals surface area contributed by atoms with Crippen LogP contribution in [0, 0.1) is 11.8 Å². The van der Waals surface area contributed by atoms with Crippen LogP contribution in [0.15, 0.2) is 0 Å². The van der Waals surface area contributed by atoms with Crippen molar-refractivity contribution in [1.29, 1.82) is 0 Å². The fourth-order valence-electron chi connectivity index (χ4n) is 2.18. The van der Waals surface area contributed by atoms with Crippen LogP contribution in [0.3, 0.4) is 0 Å². The van der Waals surface area contributed by atoms with Crippen LogP contribution in [0.2, 0.25) is 0 Å². The molecule has 0 aromatic carbocycles. The maximum Gasteiger partial charge on any atom is 0.136 e. The molecule has 2 heteroatoms. The zero-order valence-electron chi connectivity index (χ0n) is 10.3. The summed E-state index contributed by atoms with van der Waals surface area (Å²) >= 11 is 0. The Balaban J connectivity index is 2.58. The van der Waals surface area contributed by atoms with Crippen LogP contribution in [0.25, 0.3) is 0 Å². The lowest BCUT2D eigenvalue weighted by molar-refractivity contribution is -0.125. The zero-order valence-corrected chi connectivity index (χ0v) is 10.3. The summed E-state index contributed by atoms with van der Waals surface area (Å²) in [6.45, 7) is 5.89. The predicted molar refractivity (Wildman–Crippen MR) is 61.7 cm³/mol. The Morgan fingerprint density at radius 1 is 1.40 bits per heavy atom. The molecular weight excluding hydrogens is 188 g/mol. The first kappa shape index (κ1) is 12.7. The largest absolute Gasteiger partial charge is 0.390 e. The first-order valence-corrected chi connectivity index (χ1v) is 6.18. The van der Waals surface area contributed by atoms with E-state index in [-0.39, 0.29) is 11.8 Å². The molecule has 0 aromatic rings. The van der Waals surface area contributed by atoms with Crippen molar-refractivity contribution in [3.05, 3.63) is 0 Å². The van der Waals surface area contributed by atoms with E-state index in [9.17, 15) is 9.90 Å². The monoisotopic (exact) mass is 212 g/mol. The third-order valence-electron chi connectivity index (χ3n) is 3.83. The number of hydrogen-bond acceptors (Lipinski definition) is 2. The Morgan fingerprint density at radius 3 is 2.67 bits per heavy atom. The van der Waals surface area contributed by atoms with Gasteiger partial charge in [0, 0.05) is 12.3 Å². The molecule has 2 atom stereocenters. The van der Waals surface area contributed by atoms with Gasteiger partial charge < -0.3 is 5.11 Å². The SMILES string of the molecule is CC(C)C(C)(O)CC1CCCCCC1=O. The van der Waals surface area contributed by atoms with E-state index in [1.54, 1.807) is 0 Å². The van der Waals surface area contributed by atoms with Gasteiger partial charge in [-0.2, -0.15) is 0 Å². The lowest BCUT2D eigenvalue weighted by Crippen LogP contribution is -2.35. The smallest absolute Gasteiger partial charge is 0.136 e. The van der Waals surface area contributed by atoms with Gasteiger partial charge in [-0.25, -0.2) is 0 Å². The molecule has 0 heterocycles. The van der Waals surface area contributed by atoms with E-state index in [0.29, 0.717) is 12.2 Å². The Morgan fingerprint density at radius 2 is 2.07 bits per heavy atom. The summed E-state index contributed by atoms with van der Waals surface area (Å²) in [6, 6.07) is 0. The van der Waals surface area contributed by atoms with Gasteiger partial charge in [0.15, 0.2) is 0 Å². The Labute approximate surface area is 93.1 Å². The third-order valence-corrected chi connectivity index (χ3v) is 3.83. The van der Waals surface area contributed by atoms with Gasteiger partial charge in [0.25, 0.3) is 0 Å². The summed E-state index contributed by atoms with van der Waals surface area (Å²) in [6.07, 6.45) is 5.69. The molecular formula is C13H24O2. The van der Waals surface area contributed by atoms with E-state index < -0.39 is 5.60 Å². The Bertz CT molecular complexity index is 219. The van der Waals surface area contributed by atoms with Gasteiger partial charge in [0.1, 0.15) is 5.78 Å². The van der Waals surface area contributed by atoms with Crippen molar-refractivity contribution >= 4 is 5.78 Å². The summed E-state index contributed by atoms with van der Waals surface area (Å²) in [7, 11) is 0. The predicted octanol–water partition coefficient (Wildman–Crippen LogP) is 2.93. The quantitative estimate of drug-likeness (QED) is 0.730. The topological polar surface area (TPSA) is 37.3 Å². The first-order valence-electron chi connectivity index (χ1n) is 6.18. The molecule has 0 bridgehead atoms. The van der Waals surface area contributed by atoms with Crippen LogP contribution in [0.5, 0.6) is 0 Å². The average molecular weight is 212 g/mol. The van der Waals surface area contributed by atoms with Crippen LogP contribution in [-0.4, -0.2) is 16.5 Å². The van der Waals surface area contributed by atoms with Crippen LogP contribution in [0.4, 0.5) is 0 Å². The number of rotatable bonds is 3. The number of ketones is 1. The first-order chi connectivity index (χ1) is 6.93. The maximum absolute atomic E-state index is 11.8. The van der Waals surface area contributed by atoms with Crippen molar-refractivity contribution in [2.45, 2.75) is 64.9 Å². The van der Waals surface area contributed by atoms with E-state index in [1.807, 2.05) is 20.8 Å². The highest BCUT2D eigenvalue weighted by Gasteiger charge is 2.32. The van der Waals surface area contributed by atoms with Crippen molar-refractivity contribution < 1.29 is 9.90 Å². The number of hydrogen-bond donors (Lipinski definition) is 1. The number of aliphatic hydroxyl groups is 1. The molecule has 0 aromatic heterocycles. The van der Waals surface area contributed by atoms with E-state index in [1.165, 1.54) is 6.42 Å². The highest BCUT2D eigenvalue weighted by Crippen LogP contribution is 2.31. The number of carbonyl (C=O) groups is 1. The van der Waals surface area contributed by atoms with E-state index >= 15 is 0 Å². The molecule has 1 N–H and O–H groups in total. The van der Waals surface area contributed by atoms with Crippen LogP contribution >= 0.6 is 0 Å². The van der Waals surface area contributed by atoms with Crippen molar-refractivity contribution in [3.8, 4) is 0 Å². The van der Waals surface area contributed by atoms with E-state index in [0.717, 1.165) is 25.7 Å². The second-order valence-corrected chi connectivity index (χ2v) is 5.48. The second-order valence-electron chi connectivity index (χ2n) is 5.48. The van der Waals surface area contributed by atoms with Crippen molar-refractivity contribution in [2.75, 3.05) is 0 Å². The van der Waals surface area contributed by atoms with Crippen LogP contribution < -0.4 is 0 Å². The molecule has 0 spiro atoms. The summed E-state index contributed by atoms with van der Waals surface area (Å²) in [5.74, 6) is 0.687. The lowest BCUT2D eigenvalue weighted by Gasteiger charge is -2.31. The summed E-state index contributed by atoms with van der Waals surface area (Å²) < 4.78 is 0. The van der Waals surface area contributed by atoms with Gasteiger partial charge in [0.2, 0.25) is 0 Å². The Hall–Kier alpha value is -0.370. The zero-order chi connectivity index (χ0) is 11.5. The normalized spacial score (nSPS) is 27.5. The standard InChI is InChI=1S/C13H24O2/c1-10(2)13(3,15)9-11-7-5-4-6-8-12(11)14/h10-11,15H,4-9H2,1-3H3. The average Bonchev–Trinajstić information content (AvgIpc) is 2.31. The van der Waals surface area contributed by atoms with E-state index in [4.69, 9.17) is 0 Å². The molecule has 1 aliphatic rings. The molecule has 0 amide bonds. The molecule has 0 radical (unpaired) electrons. The van der Waals surface area contributed by atoms with E-state index in [2.05, 4.69) is 0 Å². The number of carbonyl (C=O) groups excluding carboxylic acids is 1. The number of Topliss-reactive ketones (excluding diaryl/α,β-unsaturated/α-hetero) is 1. The third kappa shape index (κ3) is 3.60. The molecule has 0 saturated heterocycles. The molecule has 88 valence electrons. The fourth-order valence-corrected chi connectivity index (χ4v) is 2.18. The fraction of sp³-hybridized carbons (Fsp3) is 0.923. The van der Waals surface area contributed by atoms with Gasteiger partial charge in [-0.05, 0) is 32.1 Å². The highest BCUT2D eigenvalue weighted by atomic mass is 16.3. The molecule has 1 aliphatic carbocycles. The minimum absolute atomic E-state index is 0.102. The van der Waals surface area contributed by atoms with Crippen LogP contribution in [-0.2, 0) is 4.79 Å². The second kappa shape index (κ2) is 5.11. The Kier molecular flexibility index (Phi) is 4.32. The van der Waals surface area contributed by atoms with Crippen LogP contribution in [0.1, 0.15) is 59.3 Å². The minimum atomic E-state index is -0.690. The molecule has 2 nitrogen and oxygen atoms in total. The van der Waals surface area contributed by atoms with Crippen molar-refractivity contribution in [2.24, 2.45) is 11.8 Å². The molecule has 0 aliphatic heterocycles. The molecule has 1 rings (SSSR count). The van der Waals surface area contributed by atoms with Gasteiger partial charge in [0.05, 0.1) is 5.60 Å². The summed E-state index contributed by atoms with van der Waals surface area (Å²) in [5, 5.41) is 10.2. The van der Waals surface area contributed by atoms with Gasteiger partial charge in [-0.1, -0.05) is 26.7 Å². The highest BCUT2D eigenvalue weighted by molar-refractivity contribution is 5.81. The summed E-state index contributed by atoms with van der Waals surface area (Å²) in [4.78, 5) is 11.8. The lowest BCUT2D eigenvalue weighted by atomic mass is 9.80. The van der Waals surface area contributed by atoms with Gasteiger partial charge in [-0.15, -0.1) is 0 Å². The minimum Gasteiger partial charge on any atom is -0.390 e. The van der Waals surface area contributed by atoms with Crippen molar-refractivity contribution in [3.63, 3.8) is 0 Å². The van der Waals surface area contributed by atoms with Gasteiger partial charge >= 0.3 is 0 Å². The maximum atomic E-state index is 11.8. The molecule has 2 unspecified atom stereocenters.